The third-order valence-electron chi connectivity index (χ3n) is 3.27. The first-order chi connectivity index (χ1) is 7.27. The normalized spacial score (nSPS) is 29.1. The molecule has 1 N–H and O–H groups in total. The van der Waals surface area contributed by atoms with Crippen LogP contribution in [0.25, 0.3) is 0 Å². The molecular weight excluding hydrogens is 190 g/mol. The molecule has 0 aromatic carbocycles. The second-order valence-corrected chi connectivity index (χ2v) is 4.55. The van der Waals surface area contributed by atoms with Gasteiger partial charge in [0.1, 0.15) is 11.9 Å². The Balaban J connectivity index is 1.88. The summed E-state index contributed by atoms with van der Waals surface area (Å²) in [6.45, 7) is 4.71. The van der Waals surface area contributed by atoms with Crippen LogP contribution >= 0.6 is 0 Å². The van der Waals surface area contributed by atoms with Gasteiger partial charge in [0, 0.05) is 26.2 Å². The van der Waals surface area contributed by atoms with Gasteiger partial charge in [-0.25, -0.2) is 0 Å². The highest BCUT2D eigenvalue weighted by atomic mass is 16.5. The van der Waals surface area contributed by atoms with E-state index < -0.39 is 0 Å². The lowest BCUT2D eigenvalue weighted by Gasteiger charge is -2.36. The average Bonchev–Trinajstić information content (AvgIpc) is 2.29. The Morgan fingerprint density at radius 2 is 1.93 bits per heavy atom. The third-order valence-corrected chi connectivity index (χ3v) is 3.27. The summed E-state index contributed by atoms with van der Waals surface area (Å²) in [6, 6.07) is 0. The molecule has 0 aromatic rings. The van der Waals surface area contributed by atoms with Crippen LogP contribution in [0.15, 0.2) is 0 Å². The molecule has 4 heteroatoms. The van der Waals surface area contributed by atoms with E-state index in [-0.39, 0.29) is 6.10 Å². The van der Waals surface area contributed by atoms with Crippen LogP contribution in [0.1, 0.15) is 19.3 Å². The first kappa shape index (κ1) is 10.9. The minimum atomic E-state index is 0.00171. The summed E-state index contributed by atoms with van der Waals surface area (Å²) >= 11 is 0. The molecule has 4 nitrogen and oxygen atoms in total. The van der Waals surface area contributed by atoms with Gasteiger partial charge in [0.05, 0.1) is 6.61 Å². The lowest BCUT2D eigenvalue weighted by Crippen LogP contribution is -2.50. The minimum absolute atomic E-state index is 0.00171. The Morgan fingerprint density at radius 3 is 2.60 bits per heavy atom. The molecule has 1 atom stereocenters. The predicted molar refractivity (Wildman–Crippen MR) is 60.4 cm³/mol. The van der Waals surface area contributed by atoms with Gasteiger partial charge >= 0.3 is 0 Å². The van der Waals surface area contributed by atoms with E-state index in [0.29, 0.717) is 5.84 Å². The van der Waals surface area contributed by atoms with Gasteiger partial charge in [0.2, 0.25) is 0 Å². The van der Waals surface area contributed by atoms with Crippen molar-refractivity contribution in [3.05, 3.63) is 0 Å². The monoisotopic (exact) mass is 211 g/mol. The number of likely N-dealkylation sites (tertiary alicyclic amines) is 1. The maximum absolute atomic E-state index is 8.14. The number of ether oxygens (including phenoxy) is 1. The molecule has 2 heterocycles. The first-order valence-corrected chi connectivity index (χ1v) is 5.91. The fourth-order valence-electron chi connectivity index (χ4n) is 2.28. The van der Waals surface area contributed by atoms with Crippen LogP contribution in [0.5, 0.6) is 0 Å². The lowest BCUT2D eigenvalue weighted by atomic mass is 10.1. The summed E-state index contributed by atoms with van der Waals surface area (Å²) in [6.07, 6.45) is 3.77. The molecule has 2 fully saturated rings. The van der Waals surface area contributed by atoms with Gasteiger partial charge in [0.15, 0.2) is 0 Å². The number of nitrogens with one attached hydrogen (secondary N) is 1. The highest BCUT2D eigenvalue weighted by Gasteiger charge is 2.26. The Bertz CT molecular complexity index is 226. The molecule has 86 valence electrons. The average molecular weight is 211 g/mol. The van der Waals surface area contributed by atoms with E-state index in [9.17, 15) is 0 Å². The summed E-state index contributed by atoms with van der Waals surface area (Å²) in [5.74, 6) is 0.696. The van der Waals surface area contributed by atoms with E-state index in [0.717, 1.165) is 32.8 Å². The van der Waals surface area contributed by atoms with E-state index in [1.807, 2.05) is 0 Å². The molecule has 0 bridgehead atoms. The van der Waals surface area contributed by atoms with Gasteiger partial charge < -0.3 is 14.5 Å². The largest absolute Gasteiger partial charge is 0.368 e. The molecule has 2 aliphatic heterocycles. The van der Waals surface area contributed by atoms with Crippen molar-refractivity contribution in [2.75, 3.05) is 39.8 Å². The fourth-order valence-corrected chi connectivity index (χ4v) is 2.28. The van der Waals surface area contributed by atoms with Gasteiger partial charge in [-0.05, 0) is 26.3 Å². The topological polar surface area (TPSA) is 39.6 Å². The zero-order valence-electron chi connectivity index (χ0n) is 9.54. The molecule has 0 saturated carbocycles. The molecule has 0 aromatic heterocycles. The van der Waals surface area contributed by atoms with Crippen molar-refractivity contribution in [3.8, 4) is 0 Å². The van der Waals surface area contributed by atoms with Crippen molar-refractivity contribution >= 4 is 5.84 Å². The second-order valence-electron chi connectivity index (χ2n) is 4.55. The number of rotatable bonds is 1. The van der Waals surface area contributed by atoms with E-state index in [1.165, 1.54) is 19.3 Å². The van der Waals surface area contributed by atoms with Crippen LogP contribution in [0, 0.1) is 5.41 Å². The lowest BCUT2D eigenvalue weighted by molar-refractivity contribution is 0.0101. The van der Waals surface area contributed by atoms with E-state index in [1.54, 1.807) is 0 Å². The molecule has 1 unspecified atom stereocenters. The predicted octanol–water partition coefficient (Wildman–Crippen LogP) is 0.780. The number of likely N-dealkylation sites (N-methyl/N-ethyl adjacent to an activating group) is 1. The van der Waals surface area contributed by atoms with Gasteiger partial charge in [0.25, 0.3) is 0 Å². The molecule has 15 heavy (non-hydrogen) atoms. The molecule has 2 rings (SSSR count). The Labute approximate surface area is 91.7 Å². The number of morpholine rings is 1. The fraction of sp³-hybridized carbons (Fsp3) is 0.909. The number of amidine groups is 1. The number of hydrogen-bond donors (Lipinski definition) is 1. The zero-order valence-corrected chi connectivity index (χ0v) is 9.54. The molecule has 0 aliphatic carbocycles. The van der Waals surface area contributed by atoms with Crippen LogP contribution < -0.4 is 0 Å². The Morgan fingerprint density at radius 1 is 1.20 bits per heavy atom. The highest BCUT2D eigenvalue weighted by molar-refractivity contribution is 5.84. The molecule has 0 amide bonds. The van der Waals surface area contributed by atoms with Gasteiger partial charge in [-0.3, -0.25) is 5.41 Å². The van der Waals surface area contributed by atoms with Crippen LogP contribution in [0.4, 0.5) is 0 Å². The molecular formula is C11H21N3O. The number of hydrogen-bond acceptors (Lipinski definition) is 3. The van der Waals surface area contributed by atoms with Gasteiger partial charge in [-0.2, -0.15) is 0 Å². The first-order valence-electron chi connectivity index (χ1n) is 5.91. The van der Waals surface area contributed by atoms with Crippen molar-refractivity contribution in [1.82, 2.24) is 9.80 Å². The van der Waals surface area contributed by atoms with Gasteiger partial charge in [-0.1, -0.05) is 0 Å². The number of piperidine rings is 1. The maximum atomic E-state index is 8.14. The van der Waals surface area contributed by atoms with E-state index >= 15 is 0 Å². The van der Waals surface area contributed by atoms with Crippen molar-refractivity contribution in [3.63, 3.8) is 0 Å². The van der Waals surface area contributed by atoms with Crippen molar-refractivity contribution < 1.29 is 4.74 Å². The number of nitrogens with zero attached hydrogens (tertiary/aromatic N) is 2. The highest BCUT2D eigenvalue weighted by Crippen LogP contribution is 2.13. The standard InChI is InChI=1S/C11H21N3O/c1-13-7-8-15-10(9-13)11(12)14-5-3-2-4-6-14/h10,12H,2-9H2,1H3. The van der Waals surface area contributed by atoms with Crippen LogP contribution in [0.2, 0.25) is 0 Å². The summed E-state index contributed by atoms with van der Waals surface area (Å²) < 4.78 is 5.66. The maximum Gasteiger partial charge on any atom is 0.127 e. The van der Waals surface area contributed by atoms with E-state index in [2.05, 4.69) is 16.8 Å². The molecule has 0 spiro atoms. The SMILES string of the molecule is CN1CCOC(C(=N)N2CCCCC2)C1. The van der Waals surface area contributed by atoms with Crippen molar-refractivity contribution in [2.24, 2.45) is 0 Å². The van der Waals surface area contributed by atoms with Crippen LogP contribution in [0.3, 0.4) is 0 Å². The molecule has 2 aliphatic rings. The summed E-state index contributed by atoms with van der Waals surface area (Å²) in [7, 11) is 2.10. The Hall–Kier alpha value is -0.610. The van der Waals surface area contributed by atoms with Crippen molar-refractivity contribution in [1.29, 1.82) is 5.41 Å². The minimum Gasteiger partial charge on any atom is -0.368 e. The van der Waals surface area contributed by atoms with Crippen LogP contribution in [-0.4, -0.2) is 61.6 Å². The quantitative estimate of drug-likeness (QED) is 0.514. The Kier molecular flexibility index (Phi) is 3.59. The zero-order chi connectivity index (χ0) is 10.7. The van der Waals surface area contributed by atoms with Crippen molar-refractivity contribution in [2.45, 2.75) is 25.4 Å². The summed E-state index contributed by atoms with van der Waals surface area (Å²) in [5, 5.41) is 8.14. The van der Waals surface area contributed by atoms with Gasteiger partial charge in [-0.15, -0.1) is 0 Å². The summed E-state index contributed by atoms with van der Waals surface area (Å²) in [4.78, 5) is 4.43. The van der Waals surface area contributed by atoms with E-state index in [4.69, 9.17) is 10.1 Å². The smallest absolute Gasteiger partial charge is 0.127 e. The second kappa shape index (κ2) is 4.94. The third kappa shape index (κ3) is 2.69. The summed E-state index contributed by atoms with van der Waals surface area (Å²) in [5.41, 5.74) is 0. The van der Waals surface area contributed by atoms with Crippen LogP contribution in [-0.2, 0) is 4.74 Å². The molecule has 0 radical (unpaired) electrons. The molecule has 2 saturated heterocycles.